The van der Waals surface area contributed by atoms with Crippen LogP contribution in [0, 0.1) is 0 Å². The average molecular weight is 128 g/mol. The maximum Gasteiger partial charge on any atom is 0.0409 e. The van der Waals surface area contributed by atoms with Gasteiger partial charge >= 0.3 is 0 Å². The standard InChI is InChI=1S/C5H10N2.C2H6/c1-5-3-4-7(2)6-5;1-2/h3-4H2,1-2H3;1-2H3. The summed E-state index contributed by atoms with van der Waals surface area (Å²) in [6.07, 6.45) is 1.15. The van der Waals surface area contributed by atoms with E-state index in [0.717, 1.165) is 13.0 Å². The van der Waals surface area contributed by atoms with Crippen LogP contribution in [0.2, 0.25) is 0 Å². The molecule has 0 saturated heterocycles. The first-order chi connectivity index (χ1) is 4.29. The van der Waals surface area contributed by atoms with Gasteiger partial charge < -0.3 is 0 Å². The van der Waals surface area contributed by atoms with Crippen molar-refractivity contribution in [2.24, 2.45) is 5.10 Å². The smallest absolute Gasteiger partial charge is 0.0409 e. The van der Waals surface area contributed by atoms with Gasteiger partial charge in [-0.2, -0.15) is 5.10 Å². The summed E-state index contributed by atoms with van der Waals surface area (Å²) in [4.78, 5) is 0. The lowest BCUT2D eigenvalue weighted by molar-refractivity contribution is 0.393. The van der Waals surface area contributed by atoms with Gasteiger partial charge in [0, 0.05) is 25.7 Å². The van der Waals surface area contributed by atoms with Crippen molar-refractivity contribution in [1.29, 1.82) is 0 Å². The lowest BCUT2D eigenvalue weighted by Gasteiger charge is -2.00. The van der Waals surface area contributed by atoms with E-state index < -0.39 is 0 Å². The lowest BCUT2D eigenvalue weighted by atomic mass is 10.3. The molecule has 0 spiro atoms. The zero-order chi connectivity index (χ0) is 7.28. The Bertz CT molecular complexity index is 97.1. The highest BCUT2D eigenvalue weighted by atomic mass is 15.4. The molecule has 1 aliphatic heterocycles. The minimum Gasteiger partial charge on any atom is -0.300 e. The molecular weight excluding hydrogens is 112 g/mol. The Morgan fingerprint density at radius 2 is 2.00 bits per heavy atom. The second-order valence-corrected chi connectivity index (χ2v) is 1.97. The van der Waals surface area contributed by atoms with Gasteiger partial charge in [0.25, 0.3) is 0 Å². The summed E-state index contributed by atoms with van der Waals surface area (Å²) in [7, 11) is 2.00. The number of hydrogen-bond acceptors (Lipinski definition) is 2. The fraction of sp³-hybridized carbons (Fsp3) is 0.857. The topological polar surface area (TPSA) is 15.6 Å². The van der Waals surface area contributed by atoms with E-state index in [2.05, 4.69) is 12.0 Å². The van der Waals surface area contributed by atoms with Crippen molar-refractivity contribution in [2.75, 3.05) is 13.6 Å². The molecule has 1 aliphatic rings. The molecule has 0 fully saturated rings. The molecule has 0 N–H and O–H groups in total. The van der Waals surface area contributed by atoms with Crippen LogP contribution in [0.3, 0.4) is 0 Å². The molecule has 0 bridgehead atoms. The van der Waals surface area contributed by atoms with E-state index in [1.54, 1.807) is 0 Å². The summed E-state index contributed by atoms with van der Waals surface area (Å²) in [5, 5.41) is 6.11. The van der Waals surface area contributed by atoms with Crippen LogP contribution < -0.4 is 0 Å². The largest absolute Gasteiger partial charge is 0.300 e. The summed E-state index contributed by atoms with van der Waals surface area (Å²) in [5.74, 6) is 0. The molecule has 0 saturated carbocycles. The fourth-order valence-corrected chi connectivity index (χ4v) is 0.715. The molecule has 2 nitrogen and oxygen atoms in total. The summed E-state index contributed by atoms with van der Waals surface area (Å²) < 4.78 is 0. The van der Waals surface area contributed by atoms with Crippen molar-refractivity contribution in [2.45, 2.75) is 27.2 Å². The van der Waals surface area contributed by atoms with Crippen molar-refractivity contribution >= 4 is 5.71 Å². The monoisotopic (exact) mass is 128 g/mol. The predicted molar refractivity (Wildman–Crippen MR) is 41.7 cm³/mol. The lowest BCUT2D eigenvalue weighted by Crippen LogP contribution is -2.04. The van der Waals surface area contributed by atoms with Crippen LogP contribution in [0.15, 0.2) is 5.10 Å². The van der Waals surface area contributed by atoms with Crippen LogP contribution in [0.4, 0.5) is 0 Å². The highest BCUT2D eigenvalue weighted by Gasteiger charge is 2.03. The molecule has 1 rings (SSSR count). The van der Waals surface area contributed by atoms with E-state index in [4.69, 9.17) is 0 Å². The SMILES string of the molecule is CC.CC1=NN(C)CC1. The van der Waals surface area contributed by atoms with E-state index in [1.807, 2.05) is 25.9 Å². The van der Waals surface area contributed by atoms with Crippen molar-refractivity contribution in [3.8, 4) is 0 Å². The number of rotatable bonds is 0. The molecule has 1 heterocycles. The molecule has 0 radical (unpaired) electrons. The number of nitrogens with zero attached hydrogens (tertiary/aromatic N) is 2. The third kappa shape index (κ3) is 3.12. The first-order valence-corrected chi connectivity index (χ1v) is 3.54. The Kier molecular flexibility index (Phi) is 4.10. The van der Waals surface area contributed by atoms with Crippen LogP contribution in [0.1, 0.15) is 27.2 Å². The molecule has 0 atom stereocenters. The number of hydrogen-bond donors (Lipinski definition) is 0. The van der Waals surface area contributed by atoms with Gasteiger partial charge in [-0.05, 0) is 6.92 Å². The number of hydrazone groups is 1. The van der Waals surface area contributed by atoms with Gasteiger partial charge in [0.15, 0.2) is 0 Å². The van der Waals surface area contributed by atoms with Crippen molar-refractivity contribution in [3.63, 3.8) is 0 Å². The Hall–Kier alpha value is -0.530. The van der Waals surface area contributed by atoms with Crippen LogP contribution >= 0.6 is 0 Å². The third-order valence-corrected chi connectivity index (χ3v) is 1.14. The molecule has 0 aromatic heterocycles. The van der Waals surface area contributed by atoms with Gasteiger partial charge in [0.05, 0.1) is 0 Å². The minimum absolute atomic E-state index is 1.10. The first-order valence-electron chi connectivity index (χ1n) is 3.54. The van der Waals surface area contributed by atoms with E-state index in [1.165, 1.54) is 5.71 Å². The average Bonchev–Trinajstić information content (AvgIpc) is 2.20. The van der Waals surface area contributed by atoms with Gasteiger partial charge in [0.1, 0.15) is 0 Å². The van der Waals surface area contributed by atoms with Gasteiger partial charge in [-0.15, -0.1) is 0 Å². The highest BCUT2D eigenvalue weighted by Crippen LogP contribution is 2.00. The Morgan fingerprint density at radius 3 is 2.11 bits per heavy atom. The summed E-state index contributed by atoms with van der Waals surface area (Å²) in [6, 6.07) is 0. The first kappa shape index (κ1) is 8.47. The third-order valence-electron chi connectivity index (χ3n) is 1.14. The molecule has 0 amide bonds. The second-order valence-electron chi connectivity index (χ2n) is 1.97. The molecule has 2 heteroatoms. The zero-order valence-electron chi connectivity index (χ0n) is 6.81. The highest BCUT2D eigenvalue weighted by molar-refractivity contribution is 5.82. The molecule has 54 valence electrons. The van der Waals surface area contributed by atoms with Gasteiger partial charge in [0.2, 0.25) is 0 Å². The van der Waals surface area contributed by atoms with Gasteiger partial charge in [-0.25, -0.2) is 0 Å². The van der Waals surface area contributed by atoms with E-state index >= 15 is 0 Å². The summed E-state index contributed by atoms with van der Waals surface area (Å²) in [5.41, 5.74) is 1.25. The molecule has 0 unspecified atom stereocenters. The molecular formula is C7H16N2. The zero-order valence-corrected chi connectivity index (χ0v) is 6.81. The van der Waals surface area contributed by atoms with Crippen molar-refractivity contribution < 1.29 is 0 Å². The van der Waals surface area contributed by atoms with E-state index in [-0.39, 0.29) is 0 Å². The molecule has 9 heavy (non-hydrogen) atoms. The van der Waals surface area contributed by atoms with Crippen LogP contribution in [-0.4, -0.2) is 24.3 Å². The predicted octanol–water partition coefficient (Wildman–Crippen LogP) is 1.72. The quantitative estimate of drug-likeness (QED) is 0.485. The molecule has 0 aromatic rings. The fourth-order valence-electron chi connectivity index (χ4n) is 0.715. The Labute approximate surface area is 57.6 Å². The molecule has 0 aliphatic carbocycles. The van der Waals surface area contributed by atoms with Crippen molar-refractivity contribution in [3.05, 3.63) is 0 Å². The summed E-state index contributed by atoms with van der Waals surface area (Å²) in [6.45, 7) is 7.16. The molecule has 0 aromatic carbocycles. The minimum atomic E-state index is 1.10. The maximum absolute atomic E-state index is 4.14. The van der Waals surface area contributed by atoms with Crippen LogP contribution in [-0.2, 0) is 0 Å². The Balaban J connectivity index is 0.000000291. The summed E-state index contributed by atoms with van der Waals surface area (Å²) >= 11 is 0. The normalized spacial score (nSPS) is 16.4. The van der Waals surface area contributed by atoms with Gasteiger partial charge in [-0.1, -0.05) is 13.8 Å². The van der Waals surface area contributed by atoms with Crippen molar-refractivity contribution in [1.82, 2.24) is 5.01 Å². The van der Waals surface area contributed by atoms with E-state index in [0.29, 0.717) is 0 Å². The van der Waals surface area contributed by atoms with Crippen LogP contribution in [0.25, 0.3) is 0 Å². The maximum atomic E-state index is 4.14. The van der Waals surface area contributed by atoms with E-state index in [9.17, 15) is 0 Å². The van der Waals surface area contributed by atoms with Crippen LogP contribution in [0.5, 0.6) is 0 Å². The Morgan fingerprint density at radius 1 is 1.44 bits per heavy atom. The van der Waals surface area contributed by atoms with Gasteiger partial charge in [-0.3, -0.25) is 5.01 Å². The second kappa shape index (κ2) is 4.36.